The van der Waals surface area contributed by atoms with Crippen molar-refractivity contribution in [2.45, 2.75) is 38.6 Å². The van der Waals surface area contributed by atoms with Gasteiger partial charge >= 0.3 is 6.03 Å². The van der Waals surface area contributed by atoms with E-state index in [1.807, 2.05) is 23.1 Å². The summed E-state index contributed by atoms with van der Waals surface area (Å²) in [6, 6.07) is 7.77. The van der Waals surface area contributed by atoms with Crippen LogP contribution in [0.25, 0.3) is 0 Å². The van der Waals surface area contributed by atoms with Crippen molar-refractivity contribution < 1.29 is 9.90 Å². The van der Waals surface area contributed by atoms with E-state index in [0.29, 0.717) is 24.8 Å². The molecule has 4 rings (SSSR count). The molecule has 4 atom stereocenters. The van der Waals surface area contributed by atoms with Crippen molar-refractivity contribution in [2.75, 3.05) is 31.1 Å². The lowest BCUT2D eigenvalue weighted by molar-refractivity contribution is 0.179. The van der Waals surface area contributed by atoms with Gasteiger partial charge in [0.05, 0.1) is 5.69 Å². The van der Waals surface area contributed by atoms with E-state index in [2.05, 4.69) is 17.1 Å². The van der Waals surface area contributed by atoms with E-state index in [1.165, 1.54) is 25.7 Å². The Morgan fingerprint density at radius 2 is 1.92 bits per heavy atom. The molecule has 1 aromatic carbocycles. The number of aromatic hydroxyl groups is 1. The molecule has 2 aliphatic carbocycles. The Hall–Kier alpha value is -1.91. The third-order valence-electron chi connectivity index (χ3n) is 6.58. The van der Waals surface area contributed by atoms with Crippen molar-refractivity contribution >= 4 is 11.7 Å². The summed E-state index contributed by atoms with van der Waals surface area (Å²) in [5.41, 5.74) is 0.859. The van der Waals surface area contributed by atoms with Crippen molar-refractivity contribution in [3.8, 4) is 5.75 Å². The molecular formula is C20H29N3O2. The first kappa shape index (κ1) is 16.6. The van der Waals surface area contributed by atoms with Crippen molar-refractivity contribution in [3.05, 3.63) is 24.3 Å². The first-order valence-corrected chi connectivity index (χ1v) is 9.70. The van der Waals surface area contributed by atoms with Gasteiger partial charge in [-0.25, -0.2) is 4.79 Å². The highest BCUT2D eigenvalue weighted by molar-refractivity contribution is 5.75. The van der Waals surface area contributed by atoms with Crippen molar-refractivity contribution in [3.63, 3.8) is 0 Å². The fraction of sp³-hybridized carbons (Fsp3) is 0.650. The van der Waals surface area contributed by atoms with Crippen LogP contribution in [0.4, 0.5) is 10.5 Å². The highest BCUT2D eigenvalue weighted by atomic mass is 16.3. The third kappa shape index (κ3) is 3.29. The highest BCUT2D eigenvalue weighted by Gasteiger charge is 2.42. The van der Waals surface area contributed by atoms with Crippen LogP contribution in [0.5, 0.6) is 5.75 Å². The smallest absolute Gasteiger partial charge is 0.317 e. The number of fused-ring (bicyclic) bond motifs is 2. The number of phenolic OH excluding ortho intramolecular Hbond substituents is 1. The van der Waals surface area contributed by atoms with Gasteiger partial charge in [-0.15, -0.1) is 0 Å². The fourth-order valence-electron chi connectivity index (χ4n) is 5.18. The van der Waals surface area contributed by atoms with Crippen LogP contribution in [0.15, 0.2) is 24.3 Å². The maximum atomic E-state index is 12.6. The van der Waals surface area contributed by atoms with Gasteiger partial charge in [-0.05, 0) is 56.1 Å². The van der Waals surface area contributed by atoms with E-state index in [1.54, 1.807) is 6.07 Å². The van der Waals surface area contributed by atoms with Gasteiger partial charge in [-0.2, -0.15) is 0 Å². The molecule has 5 nitrogen and oxygen atoms in total. The van der Waals surface area contributed by atoms with Crippen LogP contribution in [0.2, 0.25) is 0 Å². The highest BCUT2D eigenvalue weighted by Crippen LogP contribution is 2.49. The Bertz CT molecular complexity index is 627. The number of piperazine rings is 1. The van der Waals surface area contributed by atoms with Crippen molar-refractivity contribution in [1.29, 1.82) is 0 Å². The first-order chi connectivity index (χ1) is 12.1. The summed E-state index contributed by atoms with van der Waals surface area (Å²) in [5, 5.41) is 13.3. The molecule has 3 aliphatic rings. The summed E-state index contributed by atoms with van der Waals surface area (Å²) in [7, 11) is 0. The molecule has 2 N–H and O–H groups in total. The lowest BCUT2D eigenvalue weighted by Crippen LogP contribution is -2.54. The van der Waals surface area contributed by atoms with Crippen LogP contribution in [0.3, 0.4) is 0 Å². The van der Waals surface area contributed by atoms with Gasteiger partial charge in [0.1, 0.15) is 5.75 Å². The lowest BCUT2D eigenvalue weighted by Gasteiger charge is -2.37. The van der Waals surface area contributed by atoms with E-state index in [-0.39, 0.29) is 12.1 Å². The third-order valence-corrected chi connectivity index (χ3v) is 6.58. The van der Waals surface area contributed by atoms with Gasteiger partial charge in [0, 0.05) is 32.2 Å². The van der Waals surface area contributed by atoms with Crippen LogP contribution in [-0.4, -0.2) is 48.3 Å². The van der Waals surface area contributed by atoms with Crippen LogP contribution in [0.1, 0.15) is 32.6 Å². The Balaban J connectivity index is 1.29. The number of nitrogens with one attached hydrogen (secondary N) is 1. The monoisotopic (exact) mass is 343 g/mol. The number of anilines is 1. The molecule has 2 amide bonds. The predicted molar refractivity (Wildman–Crippen MR) is 98.8 cm³/mol. The molecule has 1 heterocycles. The van der Waals surface area contributed by atoms with Gasteiger partial charge < -0.3 is 20.2 Å². The van der Waals surface area contributed by atoms with Gasteiger partial charge in [-0.1, -0.05) is 18.6 Å². The largest absolute Gasteiger partial charge is 0.506 e. The number of urea groups is 1. The number of carbonyl (C=O) groups excluding carboxylic acids is 1. The van der Waals surface area contributed by atoms with E-state index < -0.39 is 0 Å². The summed E-state index contributed by atoms with van der Waals surface area (Å²) < 4.78 is 0. The Morgan fingerprint density at radius 1 is 1.16 bits per heavy atom. The number of hydrogen-bond acceptors (Lipinski definition) is 3. The zero-order valence-electron chi connectivity index (χ0n) is 15.0. The Morgan fingerprint density at radius 3 is 2.56 bits per heavy atom. The zero-order chi connectivity index (χ0) is 17.4. The Kier molecular flexibility index (Phi) is 4.48. The molecule has 5 heteroatoms. The van der Waals surface area contributed by atoms with E-state index >= 15 is 0 Å². The molecule has 0 aromatic heterocycles. The van der Waals surface area contributed by atoms with Crippen molar-refractivity contribution in [1.82, 2.24) is 10.2 Å². The van der Waals surface area contributed by atoms with Gasteiger partial charge in [0.2, 0.25) is 0 Å². The molecule has 1 aromatic rings. The quantitative estimate of drug-likeness (QED) is 0.887. The molecule has 2 saturated carbocycles. The van der Waals surface area contributed by atoms with Crippen LogP contribution in [-0.2, 0) is 0 Å². The fourth-order valence-corrected chi connectivity index (χ4v) is 5.18. The summed E-state index contributed by atoms with van der Waals surface area (Å²) in [6.07, 6.45) is 5.43. The molecular weight excluding hydrogens is 314 g/mol. The summed E-state index contributed by atoms with van der Waals surface area (Å²) >= 11 is 0. The van der Waals surface area contributed by atoms with E-state index in [0.717, 1.165) is 30.6 Å². The second kappa shape index (κ2) is 6.77. The minimum Gasteiger partial charge on any atom is -0.506 e. The van der Waals surface area contributed by atoms with Gasteiger partial charge in [-0.3, -0.25) is 0 Å². The minimum atomic E-state index is 0.0761. The molecule has 2 bridgehead atoms. The zero-order valence-corrected chi connectivity index (χ0v) is 15.0. The normalized spacial score (nSPS) is 29.7. The second-order valence-corrected chi connectivity index (χ2v) is 8.04. The topological polar surface area (TPSA) is 55.8 Å². The first-order valence-electron chi connectivity index (χ1n) is 9.70. The minimum absolute atomic E-state index is 0.0761. The molecule has 136 valence electrons. The van der Waals surface area contributed by atoms with Crippen LogP contribution >= 0.6 is 0 Å². The maximum absolute atomic E-state index is 12.6. The number of para-hydroxylation sites is 2. The van der Waals surface area contributed by atoms with Crippen molar-refractivity contribution in [2.24, 2.45) is 17.8 Å². The van der Waals surface area contributed by atoms with Crippen LogP contribution < -0.4 is 10.2 Å². The molecule has 0 spiro atoms. The standard InChI is InChI=1S/C20H29N3O2/c1-14(17-13-15-6-7-16(17)12-15)21-20(25)23-10-8-22(9-11-23)18-4-2-3-5-19(18)24/h2-5,14-17,24H,6-13H2,1H3,(H,21,25)/t14-,15-,16-,17-/m0/s1. The number of nitrogens with zero attached hydrogens (tertiary/aromatic N) is 2. The Labute approximate surface area is 150 Å². The number of phenols is 1. The SMILES string of the molecule is C[C@H](NC(=O)N1CCN(c2ccccc2O)CC1)[C@@H]1C[C@H]2CC[C@H]1C2. The number of hydrogen-bond donors (Lipinski definition) is 2. The number of amides is 2. The van der Waals surface area contributed by atoms with E-state index in [4.69, 9.17) is 0 Å². The van der Waals surface area contributed by atoms with Crippen LogP contribution in [0, 0.1) is 17.8 Å². The van der Waals surface area contributed by atoms with Gasteiger partial charge in [0.25, 0.3) is 0 Å². The molecule has 1 saturated heterocycles. The summed E-state index contributed by atoms with van der Waals surface area (Å²) in [5.74, 6) is 2.73. The molecule has 0 unspecified atom stereocenters. The number of rotatable bonds is 3. The average molecular weight is 343 g/mol. The summed E-state index contributed by atoms with van der Waals surface area (Å²) in [4.78, 5) is 16.7. The molecule has 25 heavy (non-hydrogen) atoms. The number of benzene rings is 1. The maximum Gasteiger partial charge on any atom is 0.317 e. The summed E-state index contributed by atoms with van der Waals surface area (Å²) in [6.45, 7) is 5.09. The second-order valence-electron chi connectivity index (χ2n) is 8.04. The van der Waals surface area contributed by atoms with E-state index in [9.17, 15) is 9.90 Å². The lowest BCUT2D eigenvalue weighted by atomic mass is 9.84. The molecule has 1 aliphatic heterocycles. The average Bonchev–Trinajstić information content (AvgIpc) is 3.26. The number of carbonyl (C=O) groups is 1. The molecule has 0 radical (unpaired) electrons. The van der Waals surface area contributed by atoms with Gasteiger partial charge in [0.15, 0.2) is 0 Å². The predicted octanol–water partition coefficient (Wildman–Crippen LogP) is 3.05. The molecule has 3 fully saturated rings.